The van der Waals surface area contributed by atoms with E-state index in [1.807, 2.05) is 12.1 Å². The Morgan fingerprint density at radius 1 is 1.33 bits per heavy atom. The number of imidazole rings is 1. The molecule has 0 bridgehead atoms. The number of carbonyl (C=O) groups excluding carboxylic acids is 1. The lowest BCUT2D eigenvalue weighted by Crippen LogP contribution is -2.26. The average Bonchev–Trinajstić information content (AvgIpc) is 3.01. The molecule has 30 heavy (non-hydrogen) atoms. The summed E-state index contributed by atoms with van der Waals surface area (Å²) in [5.41, 5.74) is 8.04. The molecule has 0 aliphatic carbocycles. The van der Waals surface area contributed by atoms with Gasteiger partial charge in [-0.1, -0.05) is 37.6 Å². The zero-order valence-electron chi connectivity index (χ0n) is 16.8. The van der Waals surface area contributed by atoms with E-state index in [0.29, 0.717) is 43.0 Å². The van der Waals surface area contributed by atoms with E-state index in [1.54, 1.807) is 12.1 Å². The first-order valence-corrected chi connectivity index (χ1v) is 9.85. The number of nitrogens with one attached hydrogen (secondary N) is 2. The topological polar surface area (TPSA) is 151 Å². The van der Waals surface area contributed by atoms with Gasteiger partial charge in [-0.05, 0) is 17.5 Å². The number of unbranched alkanes of at least 4 members (excludes halogenated alkanes) is 1. The van der Waals surface area contributed by atoms with Gasteiger partial charge in [-0.3, -0.25) is 4.57 Å². The standard InChI is InChI=1S/C20H26N6O4/c1-2-3-9-30-19-24-17(21)16-18(25-19)26(20(29)23-16)8-7-22-12-14-6-4-5-13(10-14)11-15(27)28/h4-6,10,22H,2-3,7-9,11-12H2,1H3,(H,23,29)(H,27,28)(H2,21,24,25)/p-1. The number of aromatic nitrogens is 4. The van der Waals surface area contributed by atoms with Crippen molar-refractivity contribution < 1.29 is 14.6 Å². The minimum absolute atomic E-state index is 0.123. The van der Waals surface area contributed by atoms with Crippen LogP contribution in [0.15, 0.2) is 29.1 Å². The highest BCUT2D eigenvalue weighted by Crippen LogP contribution is 2.17. The number of hydrogen-bond donors (Lipinski definition) is 3. The Hall–Kier alpha value is -3.40. The number of fused-ring (bicyclic) bond motifs is 1. The molecule has 0 atom stereocenters. The lowest BCUT2D eigenvalue weighted by molar-refractivity contribution is -0.304. The van der Waals surface area contributed by atoms with E-state index in [9.17, 15) is 14.7 Å². The Balaban J connectivity index is 1.65. The number of nitrogen functional groups attached to an aromatic ring is 1. The van der Waals surface area contributed by atoms with Gasteiger partial charge in [0.25, 0.3) is 0 Å². The number of carbonyl (C=O) groups is 1. The number of benzene rings is 1. The van der Waals surface area contributed by atoms with Gasteiger partial charge in [0.05, 0.1) is 6.61 Å². The summed E-state index contributed by atoms with van der Waals surface area (Å²) < 4.78 is 7.01. The maximum Gasteiger partial charge on any atom is 0.327 e. The Morgan fingerprint density at radius 3 is 2.90 bits per heavy atom. The number of ether oxygens (including phenoxy) is 1. The third-order valence-electron chi connectivity index (χ3n) is 4.54. The van der Waals surface area contributed by atoms with E-state index < -0.39 is 5.97 Å². The van der Waals surface area contributed by atoms with Crippen molar-refractivity contribution in [3.05, 3.63) is 45.9 Å². The maximum absolute atomic E-state index is 12.3. The van der Waals surface area contributed by atoms with Crippen LogP contribution in [0.2, 0.25) is 0 Å². The van der Waals surface area contributed by atoms with Gasteiger partial charge in [0.15, 0.2) is 11.5 Å². The molecular weight excluding hydrogens is 388 g/mol. The number of carboxylic acid groups (broad SMARTS) is 1. The molecule has 4 N–H and O–H groups in total. The van der Waals surface area contributed by atoms with Crippen LogP contribution in [0.5, 0.6) is 6.01 Å². The van der Waals surface area contributed by atoms with Gasteiger partial charge < -0.3 is 30.7 Å². The molecule has 0 saturated heterocycles. The fourth-order valence-electron chi connectivity index (χ4n) is 3.05. The maximum atomic E-state index is 12.3. The summed E-state index contributed by atoms with van der Waals surface area (Å²) in [6, 6.07) is 7.42. The number of H-pyrrole nitrogens is 1. The van der Waals surface area contributed by atoms with Gasteiger partial charge >= 0.3 is 11.7 Å². The molecule has 2 aromatic heterocycles. The molecule has 160 valence electrons. The molecule has 0 saturated carbocycles. The number of aliphatic carboxylic acids is 1. The summed E-state index contributed by atoms with van der Waals surface area (Å²) in [7, 11) is 0. The molecule has 1 aromatic carbocycles. The summed E-state index contributed by atoms with van der Waals surface area (Å²) in [6.45, 7) is 3.92. The Kier molecular flexibility index (Phi) is 7.02. The Morgan fingerprint density at radius 2 is 2.13 bits per heavy atom. The highest BCUT2D eigenvalue weighted by molar-refractivity contribution is 5.81. The summed E-state index contributed by atoms with van der Waals surface area (Å²) in [5, 5.41) is 14.0. The smallest absolute Gasteiger partial charge is 0.327 e. The van der Waals surface area contributed by atoms with E-state index in [0.717, 1.165) is 18.4 Å². The van der Waals surface area contributed by atoms with Crippen LogP contribution in [0.25, 0.3) is 11.2 Å². The van der Waals surface area contributed by atoms with Crippen LogP contribution in [-0.4, -0.2) is 38.6 Å². The molecule has 0 aliphatic rings. The van der Waals surface area contributed by atoms with E-state index in [4.69, 9.17) is 10.5 Å². The minimum atomic E-state index is -1.11. The van der Waals surface area contributed by atoms with Crippen LogP contribution in [-0.2, 0) is 24.3 Å². The van der Waals surface area contributed by atoms with Crippen molar-refractivity contribution in [2.75, 3.05) is 18.9 Å². The lowest BCUT2D eigenvalue weighted by Gasteiger charge is -2.09. The van der Waals surface area contributed by atoms with Crippen molar-refractivity contribution in [1.82, 2.24) is 24.8 Å². The highest BCUT2D eigenvalue weighted by Gasteiger charge is 2.14. The van der Waals surface area contributed by atoms with Crippen molar-refractivity contribution in [1.29, 1.82) is 0 Å². The summed E-state index contributed by atoms with van der Waals surface area (Å²) in [5.74, 6) is -0.946. The van der Waals surface area contributed by atoms with E-state index in [2.05, 4.69) is 27.2 Å². The van der Waals surface area contributed by atoms with Crippen LogP contribution >= 0.6 is 0 Å². The second kappa shape index (κ2) is 9.88. The van der Waals surface area contributed by atoms with Gasteiger partial charge in [0.2, 0.25) is 0 Å². The third kappa shape index (κ3) is 5.35. The fourth-order valence-corrected chi connectivity index (χ4v) is 3.05. The van der Waals surface area contributed by atoms with Crippen LogP contribution < -0.4 is 26.6 Å². The second-order valence-electron chi connectivity index (χ2n) is 6.92. The quantitative estimate of drug-likeness (QED) is 0.371. The first kappa shape index (κ1) is 21.3. The molecule has 10 heteroatoms. The van der Waals surface area contributed by atoms with Gasteiger partial charge in [-0.15, -0.1) is 0 Å². The summed E-state index contributed by atoms with van der Waals surface area (Å²) in [6.07, 6.45) is 1.73. The van der Waals surface area contributed by atoms with Crippen molar-refractivity contribution in [3.8, 4) is 6.01 Å². The molecule has 0 aliphatic heterocycles. The average molecular weight is 413 g/mol. The largest absolute Gasteiger partial charge is 0.550 e. The highest BCUT2D eigenvalue weighted by atomic mass is 16.5. The van der Waals surface area contributed by atoms with Gasteiger partial charge in [-0.25, -0.2) is 4.79 Å². The number of nitrogens with two attached hydrogens (primary N) is 1. The first-order valence-electron chi connectivity index (χ1n) is 9.85. The first-order chi connectivity index (χ1) is 14.5. The van der Waals surface area contributed by atoms with E-state index in [1.165, 1.54) is 4.57 Å². The van der Waals surface area contributed by atoms with Gasteiger partial charge in [-0.2, -0.15) is 9.97 Å². The molecule has 3 rings (SSSR count). The van der Waals surface area contributed by atoms with Crippen molar-refractivity contribution in [3.63, 3.8) is 0 Å². The molecule has 0 radical (unpaired) electrons. The monoisotopic (exact) mass is 413 g/mol. The van der Waals surface area contributed by atoms with Crippen molar-refractivity contribution in [2.45, 2.75) is 39.3 Å². The molecule has 0 unspecified atom stereocenters. The van der Waals surface area contributed by atoms with E-state index >= 15 is 0 Å². The third-order valence-corrected chi connectivity index (χ3v) is 4.54. The fraction of sp³-hybridized carbons (Fsp3) is 0.400. The SMILES string of the molecule is CCCCOc1nc(N)c2[nH]c(=O)n(CCNCc3cccc(CC(=O)[O-])c3)c2n1. The molecule has 0 amide bonds. The lowest BCUT2D eigenvalue weighted by atomic mass is 10.1. The molecule has 3 aromatic rings. The Labute approximate surface area is 173 Å². The van der Waals surface area contributed by atoms with Crippen LogP contribution in [0, 0.1) is 0 Å². The predicted octanol–water partition coefficient (Wildman–Crippen LogP) is -0.0371. The van der Waals surface area contributed by atoms with Crippen LogP contribution in [0.1, 0.15) is 30.9 Å². The molecule has 2 heterocycles. The second-order valence-corrected chi connectivity index (χ2v) is 6.92. The van der Waals surface area contributed by atoms with Crippen molar-refractivity contribution in [2.24, 2.45) is 0 Å². The predicted molar refractivity (Wildman–Crippen MR) is 110 cm³/mol. The number of aromatic amines is 1. The number of nitrogens with zero attached hydrogens (tertiary/aromatic N) is 3. The number of carboxylic acids is 1. The van der Waals surface area contributed by atoms with Crippen molar-refractivity contribution >= 4 is 23.0 Å². The van der Waals surface area contributed by atoms with Gasteiger partial charge in [0.1, 0.15) is 5.52 Å². The molecular formula is C20H25N6O4-. The van der Waals surface area contributed by atoms with Crippen LogP contribution in [0.3, 0.4) is 0 Å². The summed E-state index contributed by atoms with van der Waals surface area (Å²) in [4.78, 5) is 34.2. The molecule has 10 nitrogen and oxygen atoms in total. The van der Waals surface area contributed by atoms with Crippen LogP contribution in [0.4, 0.5) is 5.82 Å². The zero-order chi connectivity index (χ0) is 21.5. The minimum Gasteiger partial charge on any atom is -0.550 e. The Bertz CT molecular complexity index is 1070. The summed E-state index contributed by atoms with van der Waals surface area (Å²) >= 11 is 0. The number of rotatable bonds is 11. The van der Waals surface area contributed by atoms with Gasteiger partial charge in [0, 0.05) is 32.0 Å². The zero-order valence-corrected chi connectivity index (χ0v) is 16.8. The number of anilines is 1. The normalized spacial score (nSPS) is 11.1. The number of hydrogen-bond acceptors (Lipinski definition) is 8. The molecule has 0 fully saturated rings. The molecule has 0 spiro atoms. The van der Waals surface area contributed by atoms with E-state index in [-0.39, 0.29) is 23.9 Å².